The molecule has 0 radical (unpaired) electrons. The highest BCUT2D eigenvalue weighted by atomic mass is 16.1. The normalized spacial score (nSPS) is 17.2. The molecule has 0 N–H and O–H groups in total. The van der Waals surface area contributed by atoms with E-state index >= 15 is 0 Å². The van der Waals surface area contributed by atoms with Gasteiger partial charge in [-0.1, -0.05) is 6.07 Å². The summed E-state index contributed by atoms with van der Waals surface area (Å²) in [6.07, 6.45) is 5.97. The molecule has 2 aromatic rings. The first-order valence-corrected chi connectivity index (χ1v) is 10.4. The molecular formula is C23H31N3O. The van der Waals surface area contributed by atoms with Crippen molar-refractivity contribution < 1.29 is 0 Å². The maximum atomic E-state index is 12.0. The number of fused-ring (bicyclic) bond motifs is 1. The van der Waals surface area contributed by atoms with Crippen LogP contribution in [0.4, 0.5) is 11.4 Å². The van der Waals surface area contributed by atoms with Crippen LogP contribution in [-0.4, -0.2) is 28.6 Å². The lowest BCUT2D eigenvalue weighted by molar-refractivity contribution is 0.244. The average molecular weight is 366 g/mol. The summed E-state index contributed by atoms with van der Waals surface area (Å²) in [5.74, 6) is 0.942. The largest absolute Gasteiger partial charge is 0.338 e. The second-order valence-electron chi connectivity index (χ2n) is 8.36. The molecule has 0 spiro atoms. The van der Waals surface area contributed by atoms with Crippen molar-refractivity contribution in [2.75, 3.05) is 18.0 Å². The minimum atomic E-state index is 0.0612. The maximum absolute atomic E-state index is 12.0. The number of pyridine rings is 1. The summed E-state index contributed by atoms with van der Waals surface area (Å²) >= 11 is 0. The molecule has 4 nitrogen and oxygen atoms in total. The van der Waals surface area contributed by atoms with Crippen LogP contribution in [0.3, 0.4) is 0 Å². The van der Waals surface area contributed by atoms with E-state index in [9.17, 15) is 4.79 Å². The molecule has 4 heteroatoms. The Hall–Kier alpha value is -2.07. The van der Waals surface area contributed by atoms with Crippen molar-refractivity contribution in [2.45, 2.75) is 59.2 Å². The number of aromatic nitrogens is 1. The van der Waals surface area contributed by atoms with E-state index in [0.29, 0.717) is 12.6 Å². The molecule has 0 saturated heterocycles. The molecule has 0 amide bonds. The molecule has 2 aliphatic rings. The third-order valence-electron chi connectivity index (χ3n) is 5.88. The first-order chi connectivity index (χ1) is 13.0. The molecule has 1 saturated carbocycles. The summed E-state index contributed by atoms with van der Waals surface area (Å²) in [6, 6.07) is 10.9. The van der Waals surface area contributed by atoms with E-state index in [1.165, 1.54) is 42.7 Å². The zero-order valence-corrected chi connectivity index (χ0v) is 16.8. The maximum Gasteiger partial charge on any atom is 0.250 e. The predicted molar refractivity (Wildman–Crippen MR) is 112 cm³/mol. The van der Waals surface area contributed by atoms with Gasteiger partial charge in [-0.25, -0.2) is 0 Å². The number of hydrogen-bond acceptors (Lipinski definition) is 3. The van der Waals surface area contributed by atoms with Gasteiger partial charge in [0.1, 0.15) is 0 Å². The standard InChI is InChI=1S/C23H31N3O/c1-4-25-16-22(9-10-23(25)27)26(17(2)3)21-8-7-19-11-12-24(14-18-5-6-18)15-20(19)13-21/h7-10,13,16-18H,4-6,11-12,14-15H2,1-3H3. The van der Waals surface area contributed by atoms with Gasteiger partial charge in [0.2, 0.25) is 0 Å². The van der Waals surface area contributed by atoms with Gasteiger partial charge < -0.3 is 9.47 Å². The fraction of sp³-hybridized carbons (Fsp3) is 0.522. The van der Waals surface area contributed by atoms with Gasteiger partial charge in [-0.3, -0.25) is 9.69 Å². The Bertz CT molecular complexity index is 866. The second-order valence-corrected chi connectivity index (χ2v) is 8.36. The third kappa shape index (κ3) is 3.96. The highest BCUT2D eigenvalue weighted by Crippen LogP contribution is 2.34. The first-order valence-electron chi connectivity index (χ1n) is 10.4. The molecule has 27 heavy (non-hydrogen) atoms. The Balaban J connectivity index is 1.64. The van der Waals surface area contributed by atoms with Crippen LogP contribution in [0, 0.1) is 5.92 Å². The zero-order valence-electron chi connectivity index (χ0n) is 16.8. The van der Waals surface area contributed by atoms with Crippen LogP contribution in [0.2, 0.25) is 0 Å². The van der Waals surface area contributed by atoms with Crippen LogP contribution in [0.25, 0.3) is 0 Å². The molecule has 1 aliphatic carbocycles. The third-order valence-corrected chi connectivity index (χ3v) is 5.88. The van der Waals surface area contributed by atoms with Crippen LogP contribution >= 0.6 is 0 Å². The lowest BCUT2D eigenvalue weighted by Crippen LogP contribution is -2.33. The number of hydrogen-bond donors (Lipinski definition) is 0. The van der Waals surface area contributed by atoms with E-state index in [0.717, 1.165) is 24.6 Å². The summed E-state index contributed by atoms with van der Waals surface area (Å²) < 4.78 is 1.78. The number of nitrogens with zero attached hydrogens (tertiary/aromatic N) is 3. The summed E-state index contributed by atoms with van der Waals surface area (Å²) in [7, 11) is 0. The molecule has 2 heterocycles. The van der Waals surface area contributed by atoms with Crippen LogP contribution in [-0.2, 0) is 19.5 Å². The topological polar surface area (TPSA) is 28.5 Å². The fourth-order valence-electron chi connectivity index (χ4n) is 4.23. The Morgan fingerprint density at radius 3 is 2.59 bits per heavy atom. The number of benzene rings is 1. The van der Waals surface area contributed by atoms with Gasteiger partial charge in [0.25, 0.3) is 5.56 Å². The molecule has 1 aromatic heterocycles. The average Bonchev–Trinajstić information content (AvgIpc) is 3.46. The minimum Gasteiger partial charge on any atom is -0.338 e. The number of rotatable bonds is 6. The van der Waals surface area contributed by atoms with E-state index < -0.39 is 0 Å². The summed E-state index contributed by atoms with van der Waals surface area (Å²) in [6.45, 7) is 10.6. The molecule has 144 valence electrons. The summed E-state index contributed by atoms with van der Waals surface area (Å²) in [5, 5.41) is 0. The van der Waals surface area contributed by atoms with E-state index in [1.54, 1.807) is 10.6 Å². The van der Waals surface area contributed by atoms with Crippen molar-refractivity contribution in [3.05, 3.63) is 58.0 Å². The lowest BCUT2D eigenvalue weighted by atomic mass is 9.98. The van der Waals surface area contributed by atoms with E-state index in [1.807, 2.05) is 19.2 Å². The van der Waals surface area contributed by atoms with Gasteiger partial charge in [0.15, 0.2) is 0 Å². The van der Waals surface area contributed by atoms with Gasteiger partial charge in [0.05, 0.1) is 5.69 Å². The smallest absolute Gasteiger partial charge is 0.250 e. The van der Waals surface area contributed by atoms with Gasteiger partial charge >= 0.3 is 0 Å². The Labute approximate surface area is 162 Å². The quantitative estimate of drug-likeness (QED) is 0.769. The van der Waals surface area contributed by atoms with Crippen LogP contribution < -0.4 is 10.5 Å². The Morgan fingerprint density at radius 1 is 1.11 bits per heavy atom. The summed E-state index contributed by atoms with van der Waals surface area (Å²) in [4.78, 5) is 17.0. The van der Waals surface area contributed by atoms with Crippen molar-refractivity contribution in [3.8, 4) is 0 Å². The molecular weight excluding hydrogens is 334 g/mol. The van der Waals surface area contributed by atoms with E-state index in [2.05, 4.69) is 41.8 Å². The molecule has 1 aliphatic heterocycles. The van der Waals surface area contributed by atoms with Crippen molar-refractivity contribution in [1.29, 1.82) is 0 Å². The molecule has 4 rings (SSSR count). The molecule has 1 fully saturated rings. The summed E-state index contributed by atoms with van der Waals surface area (Å²) in [5.41, 5.74) is 5.32. The highest BCUT2D eigenvalue weighted by molar-refractivity contribution is 5.64. The highest BCUT2D eigenvalue weighted by Gasteiger charge is 2.26. The fourth-order valence-corrected chi connectivity index (χ4v) is 4.23. The van der Waals surface area contributed by atoms with Crippen molar-refractivity contribution >= 4 is 11.4 Å². The number of aryl methyl sites for hydroxylation is 1. The van der Waals surface area contributed by atoms with Gasteiger partial charge in [0, 0.05) is 50.2 Å². The molecule has 0 unspecified atom stereocenters. The van der Waals surface area contributed by atoms with Gasteiger partial charge in [-0.15, -0.1) is 0 Å². The molecule has 1 aromatic carbocycles. The molecule has 0 bridgehead atoms. The Morgan fingerprint density at radius 2 is 1.89 bits per heavy atom. The van der Waals surface area contributed by atoms with Crippen LogP contribution in [0.5, 0.6) is 0 Å². The van der Waals surface area contributed by atoms with E-state index in [4.69, 9.17) is 0 Å². The van der Waals surface area contributed by atoms with Crippen molar-refractivity contribution in [1.82, 2.24) is 9.47 Å². The predicted octanol–water partition coefficient (Wildman–Crippen LogP) is 4.18. The van der Waals surface area contributed by atoms with Crippen molar-refractivity contribution in [2.24, 2.45) is 5.92 Å². The Kier molecular flexibility index (Phi) is 5.09. The minimum absolute atomic E-state index is 0.0612. The van der Waals surface area contributed by atoms with Crippen molar-refractivity contribution in [3.63, 3.8) is 0 Å². The SMILES string of the molecule is CCn1cc(N(c2ccc3c(c2)CN(CC2CC2)CC3)C(C)C)ccc1=O. The van der Waals surface area contributed by atoms with Gasteiger partial charge in [-0.05, 0) is 75.3 Å². The van der Waals surface area contributed by atoms with E-state index in [-0.39, 0.29) is 5.56 Å². The molecule has 0 atom stereocenters. The zero-order chi connectivity index (χ0) is 19.0. The van der Waals surface area contributed by atoms with Crippen LogP contribution in [0.1, 0.15) is 44.7 Å². The second kappa shape index (κ2) is 7.51. The lowest BCUT2D eigenvalue weighted by Gasteiger charge is -2.33. The van der Waals surface area contributed by atoms with Crippen LogP contribution in [0.15, 0.2) is 41.3 Å². The first kappa shape index (κ1) is 18.3. The number of anilines is 2. The monoisotopic (exact) mass is 365 g/mol. The van der Waals surface area contributed by atoms with Gasteiger partial charge in [-0.2, -0.15) is 0 Å².